The van der Waals surface area contributed by atoms with Gasteiger partial charge in [-0.15, -0.1) is 5.10 Å². The average Bonchev–Trinajstić information content (AvgIpc) is 3.61. The maximum absolute atomic E-state index is 13.7. The predicted molar refractivity (Wildman–Crippen MR) is 183 cm³/mol. The summed E-state index contributed by atoms with van der Waals surface area (Å²) in [4.78, 5) is 45.3. The van der Waals surface area contributed by atoms with Crippen LogP contribution < -0.4 is 16.0 Å². The molecule has 0 radical (unpaired) electrons. The Morgan fingerprint density at radius 3 is 2.67 bits per heavy atom. The third kappa shape index (κ3) is 8.04. The van der Waals surface area contributed by atoms with Crippen molar-refractivity contribution < 1.29 is 24.2 Å². The van der Waals surface area contributed by atoms with E-state index in [9.17, 15) is 19.5 Å². The molecule has 2 aromatic carbocycles. The lowest BCUT2D eigenvalue weighted by molar-refractivity contribution is -0.153. The largest absolute Gasteiger partial charge is 0.453 e. The molecule has 2 aliphatic rings. The van der Waals surface area contributed by atoms with E-state index in [1.165, 1.54) is 24.2 Å². The van der Waals surface area contributed by atoms with Crippen molar-refractivity contribution in [1.82, 2.24) is 35.4 Å². The van der Waals surface area contributed by atoms with E-state index in [2.05, 4.69) is 36.5 Å². The minimum absolute atomic E-state index is 0.117. The SMILES string of the molecule is COC(=O)Nc1ccc2c(c1)N[C@@H](C(=O)N1CC(C)(O)C1)CCCC[C@H](NC(=O)/C=C/c1cc(Cl)ccc1-n1cnnn1)c1cc-2ccn1. The molecule has 1 saturated heterocycles. The number of halogens is 1. The normalized spacial score (nSPS) is 18.6. The minimum atomic E-state index is -0.911. The van der Waals surface area contributed by atoms with Gasteiger partial charge in [0.1, 0.15) is 12.4 Å². The lowest BCUT2D eigenvalue weighted by atomic mass is 9.93. The number of nitrogens with one attached hydrogen (secondary N) is 3. The zero-order valence-corrected chi connectivity index (χ0v) is 27.7. The molecule has 2 aliphatic heterocycles. The number of carbonyl (C=O) groups excluding carboxylic acids is 3. The number of aromatic nitrogens is 5. The lowest BCUT2D eigenvalue weighted by Crippen LogP contribution is -2.64. The standard InChI is InChI=1S/C34H36ClN9O5/c1-34(48)18-43(19-34)32(46)27-6-4-3-5-26(40-31(45)12-7-22-15-23(35)8-11-30(22)44-20-37-41-42-44)29-16-21(13-14-36-29)25-10-9-24(17-28(25)39-27)38-33(47)49-2/h7-17,20,26-27,39,48H,3-6,18-19H2,1-2H3,(H,38,47)(H,40,45)/b12-7+/t26-,27+/m0/s1. The number of tetrazole rings is 1. The van der Waals surface area contributed by atoms with Crippen molar-refractivity contribution >= 4 is 47.0 Å². The number of fused-ring (bicyclic) bond motifs is 4. The van der Waals surface area contributed by atoms with Crippen LogP contribution in [0.15, 0.2) is 67.1 Å². The Bertz CT molecular complexity index is 1870. The van der Waals surface area contributed by atoms with Crippen LogP contribution in [0.1, 0.15) is 49.9 Å². The first-order valence-electron chi connectivity index (χ1n) is 15.8. The van der Waals surface area contributed by atoms with Gasteiger partial charge in [0.25, 0.3) is 0 Å². The summed E-state index contributed by atoms with van der Waals surface area (Å²) < 4.78 is 6.26. The van der Waals surface area contributed by atoms with Crippen molar-refractivity contribution in [2.75, 3.05) is 30.8 Å². The van der Waals surface area contributed by atoms with Gasteiger partial charge < -0.3 is 25.4 Å². The van der Waals surface area contributed by atoms with Crippen LogP contribution in [-0.2, 0) is 14.3 Å². The molecule has 49 heavy (non-hydrogen) atoms. The van der Waals surface area contributed by atoms with Crippen LogP contribution in [0.3, 0.4) is 0 Å². The number of ether oxygens (including phenoxy) is 1. The fourth-order valence-electron chi connectivity index (χ4n) is 6.08. The summed E-state index contributed by atoms with van der Waals surface area (Å²) in [5.74, 6) is -0.446. The van der Waals surface area contributed by atoms with Gasteiger partial charge in [-0.05, 0) is 84.3 Å². The number of amides is 3. The van der Waals surface area contributed by atoms with Gasteiger partial charge in [-0.1, -0.05) is 30.5 Å². The Kier molecular flexibility index (Phi) is 9.87. The number of aliphatic hydroxyl groups is 1. The molecule has 3 amide bonds. The number of β-amino-alcohol motifs (C(OH)–C–C–N with tert-alkyl or cyclic N) is 1. The molecule has 14 nitrogen and oxygen atoms in total. The van der Waals surface area contributed by atoms with Crippen LogP contribution in [0.2, 0.25) is 5.02 Å². The van der Waals surface area contributed by atoms with E-state index in [0.717, 1.165) is 11.1 Å². The lowest BCUT2D eigenvalue weighted by Gasteiger charge is -2.45. The number of carbonyl (C=O) groups is 3. The van der Waals surface area contributed by atoms with E-state index < -0.39 is 23.8 Å². The number of hydrogen-bond donors (Lipinski definition) is 4. The fourth-order valence-corrected chi connectivity index (χ4v) is 6.26. The first-order chi connectivity index (χ1) is 23.6. The van der Waals surface area contributed by atoms with Crippen molar-refractivity contribution in [1.29, 1.82) is 0 Å². The monoisotopic (exact) mass is 685 g/mol. The molecular weight excluding hydrogens is 650 g/mol. The van der Waals surface area contributed by atoms with E-state index in [0.29, 0.717) is 59.0 Å². The summed E-state index contributed by atoms with van der Waals surface area (Å²) in [6, 6.07) is 13.3. The Morgan fingerprint density at radius 1 is 1.10 bits per heavy atom. The molecular formula is C34H36ClN9O5. The highest BCUT2D eigenvalue weighted by atomic mass is 35.5. The Labute approximate surface area is 287 Å². The van der Waals surface area contributed by atoms with E-state index in [1.54, 1.807) is 54.4 Å². The quantitative estimate of drug-likeness (QED) is 0.213. The van der Waals surface area contributed by atoms with Gasteiger partial charge >= 0.3 is 6.09 Å². The number of benzene rings is 2. The molecule has 4 aromatic rings. The predicted octanol–water partition coefficient (Wildman–Crippen LogP) is 4.37. The van der Waals surface area contributed by atoms with E-state index in [-0.39, 0.29) is 24.9 Å². The van der Waals surface area contributed by atoms with Crippen LogP contribution in [0, 0.1) is 0 Å². The molecule has 0 spiro atoms. The van der Waals surface area contributed by atoms with Gasteiger partial charge in [0.15, 0.2) is 0 Å². The van der Waals surface area contributed by atoms with Crippen molar-refractivity contribution in [3.05, 3.63) is 83.4 Å². The maximum atomic E-state index is 13.7. The summed E-state index contributed by atoms with van der Waals surface area (Å²) in [6.45, 7) is 2.21. The first kappa shape index (κ1) is 33.6. The molecule has 254 valence electrons. The number of likely N-dealkylation sites (tertiary alicyclic amines) is 1. The number of methoxy groups -OCH3 is 1. The molecule has 2 aromatic heterocycles. The molecule has 1 fully saturated rings. The van der Waals surface area contributed by atoms with Crippen molar-refractivity contribution in [2.45, 2.75) is 50.3 Å². The zero-order chi connectivity index (χ0) is 34.5. The van der Waals surface area contributed by atoms with E-state index in [4.69, 9.17) is 16.3 Å². The van der Waals surface area contributed by atoms with Gasteiger partial charge in [-0.25, -0.2) is 4.79 Å². The first-order valence-corrected chi connectivity index (χ1v) is 16.2. The average molecular weight is 686 g/mol. The molecule has 15 heteroatoms. The Hall–Kier alpha value is -5.34. The van der Waals surface area contributed by atoms with Crippen molar-refractivity contribution in [3.63, 3.8) is 0 Å². The highest BCUT2D eigenvalue weighted by molar-refractivity contribution is 6.30. The highest BCUT2D eigenvalue weighted by Crippen LogP contribution is 2.35. The molecule has 0 unspecified atom stereocenters. The Morgan fingerprint density at radius 2 is 1.92 bits per heavy atom. The van der Waals surface area contributed by atoms with Crippen LogP contribution in [0.4, 0.5) is 16.2 Å². The molecule has 0 aliphatic carbocycles. The maximum Gasteiger partial charge on any atom is 0.411 e. The zero-order valence-electron chi connectivity index (χ0n) is 27.0. The van der Waals surface area contributed by atoms with Gasteiger partial charge in [-0.2, -0.15) is 4.68 Å². The summed E-state index contributed by atoms with van der Waals surface area (Å²) in [7, 11) is 1.28. The summed E-state index contributed by atoms with van der Waals surface area (Å²) >= 11 is 6.25. The second-order valence-corrected chi connectivity index (χ2v) is 12.8. The highest BCUT2D eigenvalue weighted by Gasteiger charge is 2.41. The van der Waals surface area contributed by atoms with Crippen LogP contribution in [0.5, 0.6) is 0 Å². The van der Waals surface area contributed by atoms with Gasteiger partial charge in [0.05, 0.1) is 43.2 Å². The number of rotatable bonds is 6. The summed E-state index contributed by atoms with van der Waals surface area (Å²) in [5, 5.41) is 31.4. The van der Waals surface area contributed by atoms with Crippen LogP contribution in [-0.4, -0.2) is 84.9 Å². The van der Waals surface area contributed by atoms with Crippen molar-refractivity contribution in [3.8, 4) is 16.8 Å². The summed E-state index contributed by atoms with van der Waals surface area (Å²) in [6.07, 6.45) is 8.06. The van der Waals surface area contributed by atoms with Gasteiger partial charge in [-0.3, -0.25) is 19.9 Å². The van der Waals surface area contributed by atoms with E-state index >= 15 is 0 Å². The number of nitrogens with zero attached hydrogens (tertiary/aromatic N) is 6. The molecule has 2 bridgehead atoms. The third-order valence-corrected chi connectivity index (χ3v) is 8.69. The van der Waals surface area contributed by atoms with E-state index in [1.807, 2.05) is 18.2 Å². The molecule has 0 saturated carbocycles. The smallest absolute Gasteiger partial charge is 0.411 e. The molecule has 4 heterocycles. The Balaban J connectivity index is 1.29. The van der Waals surface area contributed by atoms with Gasteiger partial charge in [0, 0.05) is 39.8 Å². The number of pyridine rings is 1. The topological polar surface area (TPSA) is 176 Å². The molecule has 4 N–H and O–H groups in total. The van der Waals surface area contributed by atoms with Gasteiger partial charge in [0.2, 0.25) is 11.8 Å². The van der Waals surface area contributed by atoms with Crippen molar-refractivity contribution in [2.24, 2.45) is 0 Å². The molecule has 2 atom stereocenters. The number of anilines is 2. The van der Waals surface area contributed by atoms with Crippen LogP contribution >= 0.6 is 11.6 Å². The summed E-state index contributed by atoms with van der Waals surface area (Å²) in [5.41, 5.74) is 3.75. The minimum Gasteiger partial charge on any atom is -0.453 e. The number of hydrogen-bond acceptors (Lipinski definition) is 10. The fraction of sp³-hybridized carbons (Fsp3) is 0.324. The second kappa shape index (κ2) is 14.4. The molecule has 6 rings (SSSR count). The second-order valence-electron chi connectivity index (χ2n) is 12.4. The van der Waals surface area contributed by atoms with Crippen LogP contribution in [0.25, 0.3) is 22.9 Å². The third-order valence-electron chi connectivity index (χ3n) is 8.45.